The third kappa shape index (κ3) is 1.21. The zero-order valence-corrected chi connectivity index (χ0v) is 13.8. The van der Waals surface area contributed by atoms with E-state index in [0.29, 0.717) is 0 Å². The minimum atomic E-state index is 0.0277. The van der Waals surface area contributed by atoms with Crippen molar-refractivity contribution in [2.45, 2.75) is 0 Å². The van der Waals surface area contributed by atoms with Crippen LogP contribution in [0.4, 0.5) is 0 Å². The summed E-state index contributed by atoms with van der Waals surface area (Å²) >= 11 is 0. The van der Waals surface area contributed by atoms with Crippen LogP contribution in [-0.2, 0) is 0 Å². The van der Waals surface area contributed by atoms with Gasteiger partial charge in [0.05, 0.1) is 22.1 Å². The van der Waals surface area contributed by atoms with E-state index in [1.807, 2.05) is 28.9 Å². The van der Waals surface area contributed by atoms with Crippen molar-refractivity contribution in [1.82, 2.24) is 13.8 Å². The highest BCUT2D eigenvalue weighted by Gasteiger charge is 2.42. The summed E-state index contributed by atoms with van der Waals surface area (Å²) in [6.45, 7) is 0.0277. The molecule has 2 aliphatic heterocycles. The fraction of sp³-hybridized carbons (Fsp3) is 0. The van der Waals surface area contributed by atoms with Crippen LogP contribution >= 0.6 is 0 Å². The third-order valence-electron chi connectivity index (χ3n) is 5.90. The lowest BCUT2D eigenvalue weighted by Gasteiger charge is -2.23. The van der Waals surface area contributed by atoms with E-state index < -0.39 is 0 Å². The molecule has 5 aromatic rings. The highest BCUT2D eigenvalue weighted by Crippen LogP contribution is 2.30. The van der Waals surface area contributed by atoms with Crippen molar-refractivity contribution in [3.8, 4) is 11.4 Å². The Morgan fingerprint density at radius 1 is 0.808 bits per heavy atom. The first-order chi connectivity index (χ1) is 12.8. The van der Waals surface area contributed by atoms with E-state index in [-0.39, 0.29) is 12.4 Å². The highest BCUT2D eigenvalue weighted by atomic mass is 16.1. The van der Waals surface area contributed by atoms with Crippen LogP contribution in [0.1, 0.15) is 0 Å². The van der Waals surface area contributed by atoms with Crippen molar-refractivity contribution in [1.29, 1.82) is 0 Å². The molecule has 4 nitrogen and oxygen atoms in total. The fourth-order valence-electron chi connectivity index (χ4n) is 4.90. The summed E-state index contributed by atoms with van der Waals surface area (Å²) in [5, 5.41) is 1.99. The van der Waals surface area contributed by atoms with Gasteiger partial charge in [-0.3, -0.25) is 4.79 Å². The number of benzene rings is 3. The summed E-state index contributed by atoms with van der Waals surface area (Å²) in [5.41, 5.74) is 6.91. The maximum Gasteiger partial charge on any atom is 0.353 e. The Kier molecular flexibility index (Phi) is 1.98. The first kappa shape index (κ1) is 12.8. The lowest BCUT2D eigenvalue weighted by atomic mass is 9.49. The SMILES string of the molecule is O=c1c2ccccc2n2n1-c1ccc3ccn4c3c1B2c1ccccc1-4. The molecule has 0 bridgehead atoms. The average molecular weight is 333 g/mol. The van der Waals surface area contributed by atoms with Crippen molar-refractivity contribution in [3.05, 3.63) is 83.3 Å². The molecule has 0 spiro atoms. The summed E-state index contributed by atoms with van der Waals surface area (Å²) in [5.74, 6) is 0. The van der Waals surface area contributed by atoms with Gasteiger partial charge in [-0.05, 0) is 41.2 Å². The van der Waals surface area contributed by atoms with E-state index in [0.717, 1.165) is 16.6 Å². The number of rotatable bonds is 0. The van der Waals surface area contributed by atoms with Gasteiger partial charge >= 0.3 is 6.85 Å². The summed E-state index contributed by atoms with van der Waals surface area (Å²) in [4.78, 5) is 13.2. The Labute approximate surface area is 148 Å². The lowest BCUT2D eigenvalue weighted by molar-refractivity contribution is 0.819. The normalized spacial score (nSPS) is 13.5. The molecule has 120 valence electrons. The molecule has 0 amide bonds. The molecule has 2 aliphatic rings. The van der Waals surface area contributed by atoms with Crippen molar-refractivity contribution < 1.29 is 0 Å². The van der Waals surface area contributed by atoms with Gasteiger partial charge in [0.15, 0.2) is 0 Å². The second kappa shape index (κ2) is 4.02. The minimum Gasteiger partial charge on any atom is -0.317 e. The summed E-state index contributed by atoms with van der Waals surface area (Å²) in [6, 6.07) is 22.8. The molecule has 2 aromatic heterocycles. The van der Waals surface area contributed by atoms with E-state index in [1.54, 1.807) is 0 Å². The molecule has 7 rings (SSSR count). The quantitative estimate of drug-likeness (QED) is 0.391. The number of nitrogens with zero attached hydrogens (tertiary/aromatic N) is 3. The number of aromatic nitrogens is 3. The van der Waals surface area contributed by atoms with Crippen molar-refractivity contribution >= 4 is 39.6 Å². The number of hydrogen-bond acceptors (Lipinski definition) is 1. The first-order valence-corrected chi connectivity index (χ1v) is 8.80. The molecule has 0 aliphatic carbocycles. The van der Waals surface area contributed by atoms with Gasteiger partial charge in [0.1, 0.15) is 0 Å². The maximum absolute atomic E-state index is 13.2. The Morgan fingerprint density at radius 2 is 1.65 bits per heavy atom. The van der Waals surface area contributed by atoms with Crippen LogP contribution in [0.2, 0.25) is 0 Å². The fourth-order valence-corrected chi connectivity index (χ4v) is 4.90. The van der Waals surface area contributed by atoms with E-state index >= 15 is 0 Å². The van der Waals surface area contributed by atoms with Crippen LogP contribution in [0, 0.1) is 0 Å². The van der Waals surface area contributed by atoms with E-state index in [9.17, 15) is 4.79 Å². The van der Waals surface area contributed by atoms with Gasteiger partial charge < -0.3 is 9.16 Å². The molecule has 0 fully saturated rings. The van der Waals surface area contributed by atoms with Crippen LogP contribution < -0.4 is 16.5 Å². The van der Waals surface area contributed by atoms with Crippen LogP contribution in [0.5, 0.6) is 0 Å². The number of para-hydroxylation sites is 2. The van der Waals surface area contributed by atoms with Crippen LogP contribution in [0.15, 0.2) is 77.7 Å². The molecule has 4 heterocycles. The molecule has 0 saturated carbocycles. The Balaban J connectivity index is 1.80. The minimum absolute atomic E-state index is 0.0277. The van der Waals surface area contributed by atoms with Crippen molar-refractivity contribution in [3.63, 3.8) is 0 Å². The molecule has 5 heteroatoms. The standard InChI is InChI=1S/C21H12BN3O/c26-21-14-5-1-3-7-16(14)25-22-15-6-2-4-8-17(15)23-12-11-13-9-10-18(24(21)25)19(22)20(13)23/h1-12H. The van der Waals surface area contributed by atoms with E-state index in [4.69, 9.17) is 0 Å². The summed E-state index contributed by atoms with van der Waals surface area (Å²) < 4.78 is 6.31. The van der Waals surface area contributed by atoms with Gasteiger partial charge in [-0.15, -0.1) is 0 Å². The summed E-state index contributed by atoms with van der Waals surface area (Å²) in [6.07, 6.45) is 2.13. The van der Waals surface area contributed by atoms with Crippen LogP contribution in [-0.4, -0.2) is 20.7 Å². The second-order valence-electron chi connectivity index (χ2n) is 7.06. The van der Waals surface area contributed by atoms with Crippen molar-refractivity contribution in [2.24, 2.45) is 0 Å². The molecule has 0 radical (unpaired) electrons. The van der Waals surface area contributed by atoms with Gasteiger partial charge in [-0.2, -0.15) is 0 Å². The Morgan fingerprint density at radius 3 is 2.62 bits per heavy atom. The molecule has 26 heavy (non-hydrogen) atoms. The molecule has 0 saturated heterocycles. The zero-order valence-electron chi connectivity index (χ0n) is 13.8. The smallest absolute Gasteiger partial charge is 0.317 e. The largest absolute Gasteiger partial charge is 0.353 e. The average Bonchev–Trinajstić information content (AvgIpc) is 3.33. The lowest BCUT2D eigenvalue weighted by Crippen LogP contribution is -2.50. The maximum atomic E-state index is 13.2. The highest BCUT2D eigenvalue weighted by molar-refractivity contribution is 6.89. The van der Waals surface area contributed by atoms with Gasteiger partial charge in [0, 0.05) is 17.3 Å². The molecule has 0 unspecified atom stereocenters. The zero-order chi connectivity index (χ0) is 17.0. The Hall–Kier alpha value is -3.47. The van der Waals surface area contributed by atoms with E-state index in [1.165, 1.54) is 27.5 Å². The van der Waals surface area contributed by atoms with Crippen LogP contribution in [0.25, 0.3) is 33.2 Å². The predicted octanol–water partition coefficient (Wildman–Crippen LogP) is 2.02. The van der Waals surface area contributed by atoms with Gasteiger partial charge in [0.25, 0.3) is 5.56 Å². The van der Waals surface area contributed by atoms with Gasteiger partial charge in [-0.25, -0.2) is 4.68 Å². The monoisotopic (exact) mass is 333 g/mol. The number of fused-ring (bicyclic) bond motifs is 8. The molecule has 0 atom stereocenters. The van der Waals surface area contributed by atoms with Gasteiger partial charge in [0.2, 0.25) is 0 Å². The van der Waals surface area contributed by atoms with E-state index in [2.05, 4.69) is 57.8 Å². The molecular weight excluding hydrogens is 321 g/mol. The van der Waals surface area contributed by atoms with Gasteiger partial charge in [-0.1, -0.05) is 36.4 Å². The molecular formula is C21H12BN3O. The molecule has 3 aromatic carbocycles. The third-order valence-corrected chi connectivity index (χ3v) is 5.90. The second-order valence-corrected chi connectivity index (χ2v) is 7.06. The predicted molar refractivity (Wildman–Crippen MR) is 105 cm³/mol. The first-order valence-electron chi connectivity index (χ1n) is 8.80. The Bertz CT molecular complexity index is 1470. The van der Waals surface area contributed by atoms with Crippen LogP contribution in [0.3, 0.4) is 0 Å². The number of hydrogen-bond donors (Lipinski definition) is 0. The van der Waals surface area contributed by atoms with Crippen molar-refractivity contribution in [2.75, 3.05) is 0 Å². The topological polar surface area (TPSA) is 31.9 Å². The molecule has 0 N–H and O–H groups in total. The summed E-state index contributed by atoms with van der Waals surface area (Å²) in [7, 11) is 0.